The highest BCUT2D eigenvalue weighted by atomic mass is 31.2. The van der Waals surface area contributed by atoms with Crippen molar-refractivity contribution in [1.29, 1.82) is 0 Å². The van der Waals surface area contributed by atoms with Gasteiger partial charge >= 0.3 is 7.82 Å². The maximum atomic E-state index is 12.9. The van der Waals surface area contributed by atoms with Gasteiger partial charge in [-0.05, 0) is 19.3 Å². The zero-order chi connectivity index (χ0) is 49.9. The molecule has 0 aromatic rings. The highest BCUT2D eigenvalue weighted by Gasteiger charge is 2.27. The summed E-state index contributed by atoms with van der Waals surface area (Å²) in [5.74, 6) is -0.173. The van der Waals surface area contributed by atoms with Crippen LogP contribution in [-0.4, -0.2) is 73.4 Å². The van der Waals surface area contributed by atoms with Crippen LogP contribution in [-0.2, 0) is 18.4 Å². The summed E-state index contributed by atoms with van der Waals surface area (Å²) >= 11 is 0. The molecule has 68 heavy (non-hydrogen) atoms. The summed E-state index contributed by atoms with van der Waals surface area (Å²) in [4.78, 5) is 23.2. The molecule has 9 heteroatoms. The lowest BCUT2D eigenvalue weighted by atomic mass is 10.0. The Morgan fingerprint density at radius 2 is 0.779 bits per heavy atom. The first-order valence-electron chi connectivity index (χ1n) is 30.1. The van der Waals surface area contributed by atoms with Crippen LogP contribution in [0.2, 0.25) is 0 Å². The number of quaternary nitrogens is 1. The first-order chi connectivity index (χ1) is 33.0. The summed E-state index contributed by atoms with van der Waals surface area (Å²) in [6.07, 6.45) is 63.7. The molecule has 0 saturated carbocycles. The average Bonchev–Trinajstić information content (AvgIpc) is 3.30. The van der Waals surface area contributed by atoms with E-state index in [0.717, 1.165) is 38.5 Å². The van der Waals surface area contributed by atoms with Crippen LogP contribution >= 0.6 is 7.82 Å². The molecule has 406 valence electrons. The van der Waals surface area contributed by atoms with E-state index in [0.29, 0.717) is 17.4 Å². The van der Waals surface area contributed by atoms with Gasteiger partial charge in [-0.25, -0.2) is 4.57 Å². The predicted octanol–water partition coefficient (Wildman–Crippen LogP) is 18.2. The maximum absolute atomic E-state index is 12.9. The number of hydrogen-bond donors (Lipinski definition) is 3. The molecule has 0 aromatic carbocycles. The Hall–Kier alpha value is -0.760. The zero-order valence-electron chi connectivity index (χ0n) is 46.4. The molecular formula is C59H120N2O6P+. The molecule has 0 aromatic heterocycles. The van der Waals surface area contributed by atoms with Crippen LogP contribution < -0.4 is 5.32 Å². The van der Waals surface area contributed by atoms with Crippen molar-refractivity contribution < 1.29 is 32.9 Å². The first-order valence-corrected chi connectivity index (χ1v) is 31.6. The molecule has 0 bridgehead atoms. The van der Waals surface area contributed by atoms with Crippen LogP contribution in [0.25, 0.3) is 0 Å². The van der Waals surface area contributed by atoms with E-state index in [1.54, 1.807) is 6.08 Å². The van der Waals surface area contributed by atoms with Crippen molar-refractivity contribution in [3.63, 3.8) is 0 Å². The molecule has 3 unspecified atom stereocenters. The third kappa shape index (κ3) is 53.0. The number of carbonyl (C=O) groups is 1. The normalized spacial score (nSPS) is 13.9. The minimum absolute atomic E-state index is 0.0645. The van der Waals surface area contributed by atoms with E-state index in [-0.39, 0.29) is 19.1 Å². The van der Waals surface area contributed by atoms with Crippen molar-refractivity contribution in [3.05, 3.63) is 12.2 Å². The van der Waals surface area contributed by atoms with Crippen LogP contribution in [0.1, 0.15) is 309 Å². The topological polar surface area (TPSA) is 105 Å². The predicted molar refractivity (Wildman–Crippen MR) is 295 cm³/mol. The van der Waals surface area contributed by atoms with Gasteiger partial charge < -0.3 is 19.8 Å². The minimum atomic E-state index is -4.33. The van der Waals surface area contributed by atoms with Crippen molar-refractivity contribution in [1.82, 2.24) is 5.32 Å². The third-order valence-electron chi connectivity index (χ3n) is 14.0. The highest BCUT2D eigenvalue weighted by molar-refractivity contribution is 7.47. The second-order valence-corrected chi connectivity index (χ2v) is 23.5. The number of nitrogens with one attached hydrogen (secondary N) is 1. The molecule has 0 saturated heterocycles. The van der Waals surface area contributed by atoms with E-state index in [1.807, 2.05) is 27.2 Å². The maximum Gasteiger partial charge on any atom is 0.472 e. The van der Waals surface area contributed by atoms with E-state index in [4.69, 9.17) is 9.05 Å². The Morgan fingerprint density at radius 1 is 0.485 bits per heavy atom. The number of aliphatic hydroxyl groups excluding tert-OH is 1. The molecule has 0 spiro atoms. The summed E-state index contributed by atoms with van der Waals surface area (Å²) in [7, 11) is 1.59. The van der Waals surface area contributed by atoms with E-state index in [9.17, 15) is 19.4 Å². The van der Waals surface area contributed by atoms with Gasteiger partial charge in [0.05, 0.1) is 39.9 Å². The van der Waals surface area contributed by atoms with Crippen LogP contribution in [0.15, 0.2) is 12.2 Å². The number of carbonyl (C=O) groups excluding carboxylic acids is 1. The Balaban J connectivity index is 3.78. The van der Waals surface area contributed by atoms with Crippen molar-refractivity contribution >= 4 is 13.7 Å². The smallest absolute Gasteiger partial charge is 0.387 e. The number of unbranched alkanes of at least 4 members (excludes halogenated alkanes) is 43. The summed E-state index contributed by atoms with van der Waals surface area (Å²) < 4.78 is 23.6. The Labute approximate surface area is 424 Å². The number of likely N-dealkylation sites (N-methyl/N-ethyl adjacent to an activating group) is 1. The lowest BCUT2D eigenvalue weighted by Gasteiger charge is -2.25. The number of hydrogen-bond acceptors (Lipinski definition) is 5. The molecule has 0 rings (SSSR count). The lowest BCUT2D eigenvalue weighted by molar-refractivity contribution is -0.870. The van der Waals surface area contributed by atoms with Crippen molar-refractivity contribution in [2.45, 2.75) is 321 Å². The number of allylic oxidation sites excluding steroid dienone is 1. The van der Waals surface area contributed by atoms with E-state index >= 15 is 0 Å². The largest absolute Gasteiger partial charge is 0.472 e. The van der Waals surface area contributed by atoms with Gasteiger partial charge in [0.2, 0.25) is 5.91 Å². The van der Waals surface area contributed by atoms with Crippen molar-refractivity contribution in [3.8, 4) is 0 Å². The summed E-state index contributed by atoms with van der Waals surface area (Å²) in [5.41, 5.74) is 0. The second kappa shape index (κ2) is 51.2. The number of rotatable bonds is 56. The van der Waals surface area contributed by atoms with Gasteiger partial charge in [0.15, 0.2) is 0 Å². The van der Waals surface area contributed by atoms with Crippen molar-refractivity contribution in [2.24, 2.45) is 0 Å². The summed E-state index contributed by atoms with van der Waals surface area (Å²) in [6, 6.07) is -0.840. The molecule has 0 aliphatic rings. The van der Waals surface area contributed by atoms with Gasteiger partial charge in [-0.15, -0.1) is 0 Å². The Kier molecular flexibility index (Phi) is 50.6. The van der Waals surface area contributed by atoms with Crippen LogP contribution in [0.5, 0.6) is 0 Å². The van der Waals surface area contributed by atoms with Crippen molar-refractivity contribution in [2.75, 3.05) is 40.9 Å². The lowest BCUT2D eigenvalue weighted by Crippen LogP contribution is -2.45. The minimum Gasteiger partial charge on any atom is -0.387 e. The molecule has 0 radical (unpaired) electrons. The van der Waals surface area contributed by atoms with E-state index < -0.39 is 20.0 Å². The fourth-order valence-corrected chi connectivity index (χ4v) is 10.0. The first kappa shape index (κ1) is 67.2. The van der Waals surface area contributed by atoms with E-state index in [2.05, 4.69) is 19.2 Å². The number of nitrogens with zero attached hydrogens (tertiary/aromatic N) is 1. The van der Waals surface area contributed by atoms with Crippen LogP contribution in [0, 0.1) is 0 Å². The molecule has 0 aliphatic carbocycles. The summed E-state index contributed by atoms with van der Waals surface area (Å²) in [6.45, 7) is 4.82. The molecule has 0 heterocycles. The number of aliphatic hydroxyl groups is 1. The SMILES string of the molecule is CCCCCCCCC/C=C/C(O)C(COP(=O)(O)OCC[N+](C)(C)C)NC(=O)CCCCCCCCCCCCCCCCCCCCCCCCCCCCCCCCCCCCCCC. The standard InChI is InChI=1S/C59H119N2O6P/c1-6-8-10-12-14-16-17-18-19-20-21-22-23-24-25-26-27-28-29-30-31-32-33-34-35-36-37-38-39-40-41-42-43-45-47-49-51-53-59(63)60-57(56-67-68(64,65)66-55-54-61(3,4)5)58(62)52-50-48-46-44-15-13-11-9-7-2/h50,52,57-58,62H,6-49,51,53-56H2,1-5H3,(H-,60,63,64,65)/p+1/b52-50+. The van der Waals surface area contributed by atoms with Gasteiger partial charge in [0.1, 0.15) is 13.2 Å². The third-order valence-corrected chi connectivity index (χ3v) is 15.0. The molecule has 1 amide bonds. The average molecular weight is 985 g/mol. The summed E-state index contributed by atoms with van der Waals surface area (Å²) in [5, 5.41) is 13.8. The number of phosphoric ester groups is 1. The van der Waals surface area contributed by atoms with Gasteiger partial charge in [-0.2, -0.15) is 0 Å². The molecule has 0 fully saturated rings. The van der Waals surface area contributed by atoms with Gasteiger partial charge in [-0.1, -0.05) is 296 Å². The van der Waals surface area contributed by atoms with Crippen LogP contribution in [0.4, 0.5) is 0 Å². The highest BCUT2D eigenvalue weighted by Crippen LogP contribution is 2.43. The molecule has 3 atom stereocenters. The Morgan fingerprint density at radius 3 is 1.09 bits per heavy atom. The molecule has 0 aliphatic heterocycles. The monoisotopic (exact) mass is 984 g/mol. The number of amides is 1. The van der Waals surface area contributed by atoms with Gasteiger partial charge in [0.25, 0.3) is 0 Å². The zero-order valence-corrected chi connectivity index (χ0v) is 47.3. The molecule has 3 N–H and O–H groups in total. The second-order valence-electron chi connectivity index (χ2n) is 22.1. The quantitative estimate of drug-likeness (QED) is 0.0243. The fraction of sp³-hybridized carbons (Fsp3) is 0.949. The van der Waals surface area contributed by atoms with Gasteiger partial charge in [-0.3, -0.25) is 13.8 Å². The fourth-order valence-electron chi connectivity index (χ4n) is 9.28. The van der Waals surface area contributed by atoms with E-state index in [1.165, 1.54) is 250 Å². The molecular weight excluding hydrogens is 864 g/mol. The molecule has 8 nitrogen and oxygen atoms in total. The van der Waals surface area contributed by atoms with Gasteiger partial charge in [0, 0.05) is 6.42 Å². The number of phosphoric acid groups is 1. The Bertz CT molecular complexity index is 1120. The van der Waals surface area contributed by atoms with Crippen LogP contribution in [0.3, 0.4) is 0 Å².